The first-order valence-electron chi connectivity index (χ1n) is 4.30. The predicted octanol–water partition coefficient (Wildman–Crippen LogP) is 1.94. The van der Waals surface area contributed by atoms with E-state index in [2.05, 4.69) is 10.3 Å². The van der Waals surface area contributed by atoms with Crippen LogP contribution in [0.3, 0.4) is 0 Å². The van der Waals surface area contributed by atoms with E-state index in [4.69, 9.17) is 5.73 Å². The molecule has 1 aromatic heterocycles. The Kier molecular flexibility index (Phi) is 2.17. The number of rotatable bonds is 4. The smallest absolute Gasteiger partial charge is 0.184 e. The van der Waals surface area contributed by atoms with E-state index in [9.17, 15) is 0 Å². The second kappa shape index (κ2) is 3.31. The Balaban J connectivity index is 1.71. The predicted molar refractivity (Wildman–Crippen MR) is 52.4 cm³/mol. The summed E-state index contributed by atoms with van der Waals surface area (Å²) in [4.78, 5) is 4.12. The normalized spacial score (nSPS) is 16.3. The van der Waals surface area contributed by atoms with E-state index in [1.807, 2.05) is 0 Å². The van der Waals surface area contributed by atoms with Crippen molar-refractivity contribution in [3.63, 3.8) is 0 Å². The van der Waals surface area contributed by atoms with Gasteiger partial charge in [-0.15, -0.1) is 0 Å². The third kappa shape index (κ3) is 2.11. The van der Waals surface area contributed by atoms with Crippen LogP contribution in [0.2, 0.25) is 0 Å². The van der Waals surface area contributed by atoms with Gasteiger partial charge in [0.2, 0.25) is 0 Å². The van der Waals surface area contributed by atoms with Crippen molar-refractivity contribution >= 4 is 21.5 Å². The molecule has 66 valence electrons. The number of nitrogen functional groups attached to an aromatic ring is 1. The molecule has 0 atom stereocenters. The van der Waals surface area contributed by atoms with Gasteiger partial charge in [0.05, 0.1) is 6.20 Å². The van der Waals surface area contributed by atoms with Crippen LogP contribution >= 0.6 is 11.3 Å². The van der Waals surface area contributed by atoms with E-state index in [1.165, 1.54) is 30.6 Å². The molecule has 2 rings (SSSR count). The van der Waals surface area contributed by atoms with E-state index in [0.717, 1.165) is 22.6 Å². The third-order valence-corrected chi connectivity index (χ3v) is 2.83. The van der Waals surface area contributed by atoms with Crippen molar-refractivity contribution in [2.75, 3.05) is 17.6 Å². The summed E-state index contributed by atoms with van der Waals surface area (Å²) in [6.45, 7) is 1.04. The lowest BCUT2D eigenvalue weighted by molar-refractivity contribution is 0.760. The fourth-order valence-corrected chi connectivity index (χ4v) is 1.77. The maximum Gasteiger partial charge on any atom is 0.184 e. The highest BCUT2D eigenvalue weighted by atomic mass is 32.1. The molecular formula is C8H13N3S. The van der Waals surface area contributed by atoms with Gasteiger partial charge in [0.1, 0.15) is 5.00 Å². The van der Waals surface area contributed by atoms with Crippen molar-refractivity contribution in [3.8, 4) is 0 Å². The van der Waals surface area contributed by atoms with Crippen molar-refractivity contribution < 1.29 is 0 Å². The summed E-state index contributed by atoms with van der Waals surface area (Å²) in [7, 11) is 0. The standard InChI is InChI=1S/C8H13N3S/c9-7-5-11-8(12-7)10-4-3-6-1-2-6/h5-6H,1-4,9H2,(H,10,11). The largest absolute Gasteiger partial charge is 0.389 e. The zero-order chi connectivity index (χ0) is 8.39. The van der Waals surface area contributed by atoms with Crippen molar-refractivity contribution in [2.24, 2.45) is 5.92 Å². The van der Waals surface area contributed by atoms with Gasteiger partial charge in [-0.2, -0.15) is 0 Å². The maximum absolute atomic E-state index is 5.54. The lowest BCUT2D eigenvalue weighted by Crippen LogP contribution is -2.01. The summed E-state index contributed by atoms with van der Waals surface area (Å²) < 4.78 is 0. The Morgan fingerprint density at radius 3 is 3.08 bits per heavy atom. The Bertz CT molecular complexity index is 255. The van der Waals surface area contributed by atoms with Gasteiger partial charge in [-0.05, 0) is 12.3 Å². The first-order valence-corrected chi connectivity index (χ1v) is 5.11. The summed E-state index contributed by atoms with van der Waals surface area (Å²) in [6, 6.07) is 0. The van der Waals surface area contributed by atoms with Crippen LogP contribution in [0.4, 0.5) is 10.1 Å². The van der Waals surface area contributed by atoms with Crippen LogP contribution in [0.25, 0.3) is 0 Å². The highest BCUT2D eigenvalue weighted by Gasteiger charge is 2.20. The first kappa shape index (κ1) is 7.86. The van der Waals surface area contributed by atoms with Gasteiger partial charge in [0.25, 0.3) is 0 Å². The monoisotopic (exact) mass is 183 g/mol. The molecule has 3 N–H and O–H groups in total. The molecule has 0 aliphatic heterocycles. The quantitative estimate of drug-likeness (QED) is 0.750. The van der Waals surface area contributed by atoms with Gasteiger partial charge >= 0.3 is 0 Å². The molecule has 0 radical (unpaired) electrons. The molecule has 1 aliphatic rings. The minimum atomic E-state index is 0.781. The van der Waals surface area contributed by atoms with Crippen LogP contribution in [0.5, 0.6) is 0 Å². The Labute approximate surface area is 76.0 Å². The number of hydrogen-bond acceptors (Lipinski definition) is 4. The zero-order valence-corrected chi connectivity index (χ0v) is 7.73. The molecule has 0 spiro atoms. The minimum Gasteiger partial charge on any atom is -0.389 e. The molecule has 1 fully saturated rings. The first-order chi connectivity index (χ1) is 5.84. The van der Waals surface area contributed by atoms with Gasteiger partial charge < -0.3 is 11.1 Å². The van der Waals surface area contributed by atoms with E-state index < -0.39 is 0 Å². The number of aromatic nitrogens is 1. The highest BCUT2D eigenvalue weighted by molar-refractivity contribution is 7.19. The number of nitrogens with one attached hydrogen (secondary N) is 1. The second-order valence-corrected chi connectivity index (χ2v) is 4.29. The molecule has 0 saturated heterocycles. The van der Waals surface area contributed by atoms with E-state index >= 15 is 0 Å². The van der Waals surface area contributed by atoms with E-state index in [-0.39, 0.29) is 0 Å². The van der Waals surface area contributed by atoms with Gasteiger partial charge in [-0.1, -0.05) is 24.2 Å². The Morgan fingerprint density at radius 2 is 2.50 bits per heavy atom. The van der Waals surface area contributed by atoms with Gasteiger partial charge in [-0.3, -0.25) is 0 Å². The molecule has 12 heavy (non-hydrogen) atoms. The molecule has 1 aromatic rings. The summed E-state index contributed by atoms with van der Waals surface area (Å²) >= 11 is 1.52. The molecule has 4 heteroatoms. The van der Waals surface area contributed by atoms with Crippen LogP contribution in [-0.2, 0) is 0 Å². The van der Waals surface area contributed by atoms with Gasteiger partial charge in [0.15, 0.2) is 5.13 Å². The van der Waals surface area contributed by atoms with Crippen molar-refractivity contribution in [2.45, 2.75) is 19.3 Å². The van der Waals surface area contributed by atoms with Crippen LogP contribution in [0, 0.1) is 5.92 Å². The van der Waals surface area contributed by atoms with E-state index in [1.54, 1.807) is 6.20 Å². The minimum absolute atomic E-state index is 0.781. The van der Waals surface area contributed by atoms with Crippen LogP contribution in [0.15, 0.2) is 6.20 Å². The van der Waals surface area contributed by atoms with Gasteiger partial charge in [0, 0.05) is 6.54 Å². The fourth-order valence-electron chi connectivity index (χ4n) is 1.16. The molecule has 1 heterocycles. The third-order valence-electron chi connectivity index (χ3n) is 2.05. The van der Waals surface area contributed by atoms with Crippen LogP contribution < -0.4 is 11.1 Å². The second-order valence-electron chi connectivity index (χ2n) is 3.23. The summed E-state index contributed by atoms with van der Waals surface area (Å²) in [6.07, 6.45) is 5.81. The average molecular weight is 183 g/mol. The van der Waals surface area contributed by atoms with E-state index in [0.29, 0.717) is 0 Å². The molecule has 0 bridgehead atoms. The maximum atomic E-state index is 5.54. The number of thiazole rings is 1. The molecule has 1 saturated carbocycles. The zero-order valence-electron chi connectivity index (χ0n) is 6.92. The summed E-state index contributed by atoms with van der Waals surface area (Å²) in [5.41, 5.74) is 5.54. The lowest BCUT2D eigenvalue weighted by Gasteiger charge is -1.99. The topological polar surface area (TPSA) is 50.9 Å². The molecule has 1 aliphatic carbocycles. The summed E-state index contributed by atoms with van der Waals surface area (Å²) in [5, 5.41) is 5.00. The fraction of sp³-hybridized carbons (Fsp3) is 0.625. The number of anilines is 2. The Hall–Kier alpha value is -0.770. The molecule has 0 aromatic carbocycles. The molecule has 0 amide bonds. The molecule has 3 nitrogen and oxygen atoms in total. The lowest BCUT2D eigenvalue weighted by atomic mass is 10.3. The summed E-state index contributed by atoms with van der Waals surface area (Å²) in [5.74, 6) is 0.981. The number of nitrogens with two attached hydrogens (primary N) is 1. The number of hydrogen-bond donors (Lipinski definition) is 2. The highest BCUT2D eigenvalue weighted by Crippen LogP contribution is 2.32. The molecule has 0 unspecified atom stereocenters. The number of nitrogens with zero attached hydrogens (tertiary/aromatic N) is 1. The van der Waals surface area contributed by atoms with Crippen LogP contribution in [-0.4, -0.2) is 11.5 Å². The Morgan fingerprint density at radius 1 is 1.67 bits per heavy atom. The van der Waals surface area contributed by atoms with Gasteiger partial charge in [-0.25, -0.2) is 4.98 Å². The van der Waals surface area contributed by atoms with Crippen molar-refractivity contribution in [1.82, 2.24) is 4.98 Å². The van der Waals surface area contributed by atoms with Crippen LogP contribution in [0.1, 0.15) is 19.3 Å². The van der Waals surface area contributed by atoms with Crippen molar-refractivity contribution in [3.05, 3.63) is 6.20 Å². The molecular weight excluding hydrogens is 170 g/mol. The SMILES string of the molecule is Nc1cnc(NCCC2CC2)s1. The average Bonchev–Trinajstić information content (AvgIpc) is 2.76. The van der Waals surface area contributed by atoms with Crippen molar-refractivity contribution in [1.29, 1.82) is 0 Å².